The molecule has 17 heavy (non-hydrogen) atoms. The van der Waals surface area contributed by atoms with Gasteiger partial charge >= 0.3 is 0 Å². The molecule has 0 saturated heterocycles. The van der Waals surface area contributed by atoms with Crippen LogP contribution in [0.2, 0.25) is 0 Å². The molecule has 2 nitrogen and oxygen atoms in total. The van der Waals surface area contributed by atoms with Crippen LogP contribution in [-0.4, -0.2) is 36.4 Å². The third-order valence-electron chi connectivity index (χ3n) is 2.79. The Morgan fingerprint density at radius 1 is 1.35 bits per heavy atom. The Morgan fingerprint density at radius 2 is 2.00 bits per heavy atom. The molecule has 3 heteroatoms. The van der Waals surface area contributed by atoms with Gasteiger partial charge in [-0.05, 0) is 23.8 Å². The van der Waals surface area contributed by atoms with Crippen LogP contribution in [0.15, 0.2) is 24.3 Å². The van der Waals surface area contributed by atoms with Gasteiger partial charge in [0.1, 0.15) is 0 Å². The summed E-state index contributed by atoms with van der Waals surface area (Å²) in [6.07, 6.45) is 2.06. The zero-order valence-electron chi connectivity index (χ0n) is 11.1. The van der Waals surface area contributed by atoms with Crippen molar-refractivity contribution in [2.45, 2.75) is 19.8 Å². The van der Waals surface area contributed by atoms with Crippen LogP contribution in [0.5, 0.6) is 0 Å². The van der Waals surface area contributed by atoms with E-state index in [1.807, 2.05) is 31.3 Å². The lowest BCUT2D eigenvalue weighted by Gasteiger charge is -2.19. The monoisotopic (exact) mass is 251 g/mol. The molecule has 0 atom stereocenters. The van der Waals surface area contributed by atoms with E-state index in [1.54, 1.807) is 16.7 Å². The van der Waals surface area contributed by atoms with Gasteiger partial charge in [-0.15, -0.1) is 0 Å². The molecule has 0 bridgehead atoms. The SMILES string of the molecule is CSCCN(C)C(=O)c1ccccc1C(C)C. The highest BCUT2D eigenvalue weighted by atomic mass is 32.2. The van der Waals surface area contributed by atoms with Crippen LogP contribution < -0.4 is 0 Å². The molecule has 0 fully saturated rings. The summed E-state index contributed by atoms with van der Waals surface area (Å²) in [7, 11) is 1.87. The summed E-state index contributed by atoms with van der Waals surface area (Å²) in [6, 6.07) is 7.89. The minimum atomic E-state index is 0.128. The van der Waals surface area contributed by atoms with Gasteiger partial charge in [0.15, 0.2) is 0 Å². The Morgan fingerprint density at radius 3 is 2.59 bits per heavy atom. The first kappa shape index (κ1) is 14.1. The smallest absolute Gasteiger partial charge is 0.253 e. The van der Waals surface area contributed by atoms with Crippen LogP contribution in [0.25, 0.3) is 0 Å². The van der Waals surface area contributed by atoms with Crippen molar-refractivity contribution >= 4 is 17.7 Å². The second-order valence-corrected chi connectivity index (χ2v) is 5.45. The maximum atomic E-state index is 12.3. The first-order valence-electron chi connectivity index (χ1n) is 5.91. The number of hydrogen-bond donors (Lipinski definition) is 0. The summed E-state index contributed by atoms with van der Waals surface area (Å²) in [5.74, 6) is 1.49. The van der Waals surface area contributed by atoms with Crippen molar-refractivity contribution in [1.29, 1.82) is 0 Å². The number of rotatable bonds is 5. The Kier molecular flexibility index (Phi) is 5.56. The van der Waals surface area contributed by atoms with Gasteiger partial charge in [-0.1, -0.05) is 32.0 Å². The number of benzene rings is 1. The van der Waals surface area contributed by atoms with E-state index >= 15 is 0 Å². The van der Waals surface area contributed by atoms with E-state index in [0.29, 0.717) is 5.92 Å². The average Bonchev–Trinajstić information content (AvgIpc) is 2.34. The Labute approximate surface area is 108 Å². The first-order valence-corrected chi connectivity index (χ1v) is 7.30. The molecule has 0 aliphatic rings. The van der Waals surface area contributed by atoms with Gasteiger partial charge in [0.05, 0.1) is 0 Å². The van der Waals surface area contributed by atoms with E-state index in [-0.39, 0.29) is 5.91 Å². The van der Waals surface area contributed by atoms with Crippen LogP contribution in [0.4, 0.5) is 0 Å². The van der Waals surface area contributed by atoms with E-state index in [0.717, 1.165) is 23.4 Å². The largest absolute Gasteiger partial charge is 0.341 e. The van der Waals surface area contributed by atoms with Crippen LogP contribution in [0.3, 0.4) is 0 Å². The Balaban J connectivity index is 2.88. The van der Waals surface area contributed by atoms with E-state index in [1.165, 1.54) is 0 Å². The second kappa shape index (κ2) is 6.70. The number of thioether (sulfide) groups is 1. The third kappa shape index (κ3) is 3.77. The minimum Gasteiger partial charge on any atom is -0.341 e. The van der Waals surface area contributed by atoms with Crippen LogP contribution >= 0.6 is 11.8 Å². The van der Waals surface area contributed by atoms with Gasteiger partial charge in [-0.3, -0.25) is 4.79 Å². The van der Waals surface area contributed by atoms with Gasteiger partial charge in [-0.25, -0.2) is 0 Å². The predicted octanol–water partition coefficient (Wildman–Crippen LogP) is 3.25. The zero-order chi connectivity index (χ0) is 12.8. The van der Waals surface area contributed by atoms with Crippen molar-refractivity contribution in [1.82, 2.24) is 4.90 Å². The van der Waals surface area contributed by atoms with Crippen molar-refractivity contribution in [3.63, 3.8) is 0 Å². The normalized spacial score (nSPS) is 10.6. The van der Waals surface area contributed by atoms with Gasteiger partial charge < -0.3 is 4.90 Å². The Hall–Kier alpha value is -0.960. The number of hydrogen-bond acceptors (Lipinski definition) is 2. The maximum absolute atomic E-state index is 12.3. The first-order chi connectivity index (χ1) is 8.07. The molecule has 1 rings (SSSR count). The van der Waals surface area contributed by atoms with Crippen LogP contribution in [0, 0.1) is 0 Å². The number of nitrogens with zero attached hydrogens (tertiary/aromatic N) is 1. The molecule has 0 unspecified atom stereocenters. The second-order valence-electron chi connectivity index (χ2n) is 4.46. The lowest BCUT2D eigenvalue weighted by atomic mass is 9.96. The molecule has 1 amide bonds. The van der Waals surface area contributed by atoms with Gasteiger partial charge in [-0.2, -0.15) is 11.8 Å². The highest BCUT2D eigenvalue weighted by Crippen LogP contribution is 2.20. The zero-order valence-corrected chi connectivity index (χ0v) is 11.9. The van der Waals surface area contributed by atoms with E-state index in [9.17, 15) is 4.79 Å². The summed E-state index contributed by atoms with van der Waals surface area (Å²) >= 11 is 1.76. The lowest BCUT2D eigenvalue weighted by molar-refractivity contribution is 0.0802. The fourth-order valence-corrected chi connectivity index (χ4v) is 2.19. The summed E-state index contributed by atoms with van der Waals surface area (Å²) in [5, 5.41) is 0. The molecule has 0 aliphatic heterocycles. The van der Waals surface area contributed by atoms with Crippen molar-refractivity contribution < 1.29 is 4.79 Å². The number of amides is 1. The van der Waals surface area contributed by atoms with E-state index in [2.05, 4.69) is 20.1 Å². The van der Waals surface area contributed by atoms with Crippen molar-refractivity contribution in [2.75, 3.05) is 25.6 Å². The molecule has 0 aliphatic carbocycles. The fourth-order valence-electron chi connectivity index (χ4n) is 1.73. The van der Waals surface area contributed by atoms with Crippen molar-refractivity contribution in [2.24, 2.45) is 0 Å². The molecule has 94 valence electrons. The van der Waals surface area contributed by atoms with Crippen molar-refractivity contribution in [3.05, 3.63) is 35.4 Å². The molecule has 0 spiro atoms. The lowest BCUT2D eigenvalue weighted by Crippen LogP contribution is -2.29. The van der Waals surface area contributed by atoms with E-state index < -0.39 is 0 Å². The molecule has 0 aromatic heterocycles. The maximum Gasteiger partial charge on any atom is 0.253 e. The fraction of sp³-hybridized carbons (Fsp3) is 0.500. The minimum absolute atomic E-state index is 0.128. The highest BCUT2D eigenvalue weighted by molar-refractivity contribution is 7.98. The van der Waals surface area contributed by atoms with Crippen LogP contribution in [-0.2, 0) is 0 Å². The number of carbonyl (C=O) groups is 1. The predicted molar refractivity (Wildman–Crippen MR) is 75.9 cm³/mol. The van der Waals surface area contributed by atoms with Gasteiger partial charge in [0, 0.05) is 24.9 Å². The molecular weight excluding hydrogens is 230 g/mol. The summed E-state index contributed by atoms with van der Waals surface area (Å²) in [4.78, 5) is 14.1. The van der Waals surface area contributed by atoms with Gasteiger partial charge in [0.2, 0.25) is 0 Å². The highest BCUT2D eigenvalue weighted by Gasteiger charge is 2.16. The average molecular weight is 251 g/mol. The summed E-state index contributed by atoms with van der Waals surface area (Å²) < 4.78 is 0. The molecule has 1 aromatic rings. The van der Waals surface area contributed by atoms with Crippen molar-refractivity contribution in [3.8, 4) is 0 Å². The quantitative estimate of drug-likeness (QED) is 0.800. The molecule has 0 radical (unpaired) electrons. The third-order valence-corrected chi connectivity index (χ3v) is 3.38. The molecule has 0 heterocycles. The topological polar surface area (TPSA) is 20.3 Å². The number of carbonyl (C=O) groups excluding carboxylic acids is 1. The summed E-state index contributed by atoms with van der Waals surface area (Å²) in [6.45, 7) is 5.04. The molecule has 0 N–H and O–H groups in total. The molecule has 0 saturated carbocycles. The van der Waals surface area contributed by atoms with Crippen LogP contribution in [0.1, 0.15) is 35.7 Å². The van der Waals surface area contributed by atoms with E-state index in [4.69, 9.17) is 0 Å². The van der Waals surface area contributed by atoms with Gasteiger partial charge in [0.25, 0.3) is 5.91 Å². The summed E-state index contributed by atoms with van der Waals surface area (Å²) in [5.41, 5.74) is 1.97. The Bertz CT molecular complexity index is 376. The molecular formula is C14H21NOS. The molecule has 1 aromatic carbocycles. The standard InChI is InChI=1S/C14H21NOS/c1-11(2)12-7-5-6-8-13(12)14(16)15(3)9-10-17-4/h5-8,11H,9-10H2,1-4H3.